The fourth-order valence-corrected chi connectivity index (χ4v) is 6.18. The number of nitrogens with zero attached hydrogens (tertiary/aromatic N) is 1. The lowest BCUT2D eigenvalue weighted by molar-refractivity contribution is -0.941. The molecule has 0 saturated carbocycles. The summed E-state index contributed by atoms with van der Waals surface area (Å²) in [5.74, 6) is -0.861. The molecule has 1 N–H and O–H groups in total. The van der Waals surface area contributed by atoms with Crippen LogP contribution < -0.4 is 17.0 Å². The largest absolute Gasteiger partial charge is 1.00 e. The molecule has 2 saturated heterocycles. The zero-order chi connectivity index (χ0) is 25.1. The molecule has 2 aliphatic heterocycles. The fraction of sp³-hybridized carbons (Fsp3) is 0.355. The first kappa shape index (κ1) is 27.2. The second-order valence-corrected chi connectivity index (χ2v) is 10.4. The Morgan fingerprint density at radius 2 is 1.41 bits per heavy atom. The van der Waals surface area contributed by atoms with E-state index in [1.807, 2.05) is 72.8 Å². The normalized spacial score (nSPS) is 25.1. The van der Waals surface area contributed by atoms with Gasteiger partial charge in [-0.3, -0.25) is 9.59 Å². The van der Waals surface area contributed by atoms with Gasteiger partial charge < -0.3 is 31.3 Å². The van der Waals surface area contributed by atoms with Gasteiger partial charge in [0.25, 0.3) is 0 Å². The average molecular weight is 565 g/mol. The van der Waals surface area contributed by atoms with Crippen molar-refractivity contribution in [3.8, 4) is 11.1 Å². The van der Waals surface area contributed by atoms with Crippen molar-refractivity contribution in [1.29, 1.82) is 0 Å². The first-order valence-corrected chi connectivity index (χ1v) is 12.9. The van der Waals surface area contributed by atoms with E-state index in [1.165, 1.54) is 0 Å². The summed E-state index contributed by atoms with van der Waals surface area (Å²) in [5.41, 5.74) is 3.76. The van der Waals surface area contributed by atoms with Crippen LogP contribution in [0.4, 0.5) is 0 Å². The lowest BCUT2D eigenvalue weighted by Crippen LogP contribution is -3.00. The topological polar surface area (TPSA) is 63.6 Å². The third-order valence-corrected chi connectivity index (χ3v) is 8.32. The Balaban J connectivity index is 0.00000320. The Morgan fingerprint density at radius 3 is 1.97 bits per heavy atom. The van der Waals surface area contributed by atoms with Crippen molar-refractivity contribution in [1.82, 2.24) is 0 Å². The molecule has 0 spiro atoms. The standard InChI is InChI=1S/C31H34NO4.BrH/c1-32(20-30(34)25-14-12-23(13-15-25)22-8-4-2-5-9-22)26-16-17-27(32)19-28(18-26)36-31(35)29(21-33)24-10-6-3-7-11-24;/h2-15,26-29,33H,16-21H2,1H3;1H/q+1;/p-1/t26-,27+,28+,29-,32?;/m1./s1. The maximum absolute atomic E-state index is 13.3. The lowest BCUT2D eigenvalue weighted by Gasteiger charge is -2.46. The van der Waals surface area contributed by atoms with Crippen molar-refractivity contribution in [2.45, 2.75) is 49.8 Å². The second-order valence-electron chi connectivity index (χ2n) is 10.4. The van der Waals surface area contributed by atoms with E-state index in [0.717, 1.165) is 52.4 Å². The van der Waals surface area contributed by atoms with Crippen LogP contribution in [0.3, 0.4) is 0 Å². The number of ketones is 1. The van der Waals surface area contributed by atoms with Gasteiger partial charge in [-0.15, -0.1) is 0 Å². The van der Waals surface area contributed by atoms with E-state index >= 15 is 0 Å². The van der Waals surface area contributed by atoms with E-state index < -0.39 is 5.92 Å². The SMILES string of the molecule is C[N+]1(CC(=O)c2ccc(-c3ccccc3)cc2)[C@@H]2CC[C@H]1C[C@@H](OC(=O)[C@H](CO)c1ccccc1)C2.[Br-]. The van der Waals surface area contributed by atoms with Crippen LogP contribution in [-0.4, -0.2) is 59.7 Å². The van der Waals surface area contributed by atoms with Crippen LogP contribution in [0, 0.1) is 0 Å². The molecule has 6 heteroatoms. The monoisotopic (exact) mass is 563 g/mol. The number of quaternary nitrogens is 1. The maximum atomic E-state index is 13.3. The molecule has 0 radical (unpaired) electrons. The van der Waals surface area contributed by atoms with Crippen LogP contribution in [0.25, 0.3) is 11.1 Å². The van der Waals surface area contributed by atoms with Gasteiger partial charge in [0.15, 0.2) is 0 Å². The second kappa shape index (κ2) is 11.7. The highest BCUT2D eigenvalue weighted by atomic mass is 79.9. The molecule has 194 valence electrons. The highest BCUT2D eigenvalue weighted by molar-refractivity contribution is 5.97. The predicted molar refractivity (Wildman–Crippen MR) is 139 cm³/mol. The molecule has 5 nitrogen and oxygen atoms in total. The molecule has 1 unspecified atom stereocenters. The number of benzene rings is 3. The number of hydrogen-bond acceptors (Lipinski definition) is 4. The highest BCUT2D eigenvalue weighted by Crippen LogP contribution is 2.42. The van der Waals surface area contributed by atoms with Crippen LogP contribution in [0.2, 0.25) is 0 Å². The van der Waals surface area contributed by atoms with Crippen LogP contribution in [0.1, 0.15) is 47.5 Å². The molecule has 0 aromatic heterocycles. The molecule has 0 amide bonds. The number of carbonyl (C=O) groups is 2. The van der Waals surface area contributed by atoms with Crippen molar-refractivity contribution in [3.05, 3.63) is 96.1 Å². The van der Waals surface area contributed by atoms with Gasteiger partial charge in [-0.2, -0.15) is 0 Å². The number of likely N-dealkylation sites (N-methyl/N-ethyl adjacent to an activating group) is 1. The molecule has 0 aliphatic carbocycles. The van der Waals surface area contributed by atoms with E-state index in [0.29, 0.717) is 18.6 Å². The number of carbonyl (C=O) groups excluding carboxylic acids is 2. The summed E-state index contributed by atoms with van der Waals surface area (Å²) in [7, 11) is 2.19. The predicted octanol–water partition coefficient (Wildman–Crippen LogP) is 2.00. The number of ether oxygens (including phenoxy) is 1. The minimum atomic E-state index is -0.660. The Morgan fingerprint density at radius 1 is 0.865 bits per heavy atom. The molecule has 2 bridgehead atoms. The smallest absolute Gasteiger partial charge is 0.316 e. The molecule has 2 heterocycles. The van der Waals surface area contributed by atoms with Gasteiger partial charge >= 0.3 is 5.97 Å². The Labute approximate surface area is 229 Å². The molecular formula is C31H34BrNO4. The number of rotatable bonds is 8. The minimum absolute atomic E-state index is 0. The number of piperidine rings is 1. The van der Waals surface area contributed by atoms with Crippen molar-refractivity contribution in [2.75, 3.05) is 20.2 Å². The van der Waals surface area contributed by atoms with Crippen molar-refractivity contribution in [3.63, 3.8) is 0 Å². The van der Waals surface area contributed by atoms with Gasteiger partial charge in [0.1, 0.15) is 18.6 Å². The van der Waals surface area contributed by atoms with Crippen molar-refractivity contribution in [2.24, 2.45) is 0 Å². The maximum Gasteiger partial charge on any atom is 0.316 e. The van der Waals surface area contributed by atoms with Gasteiger partial charge in [0, 0.05) is 31.2 Å². The first-order chi connectivity index (χ1) is 17.5. The van der Waals surface area contributed by atoms with Crippen LogP contribution in [0.15, 0.2) is 84.9 Å². The summed E-state index contributed by atoms with van der Waals surface area (Å²) in [6, 6.07) is 28.0. The molecule has 5 rings (SSSR count). The van der Waals surface area contributed by atoms with E-state index in [1.54, 1.807) is 0 Å². The van der Waals surface area contributed by atoms with Gasteiger partial charge in [-0.05, 0) is 16.7 Å². The quantitative estimate of drug-likeness (QED) is 0.259. The Kier molecular flexibility index (Phi) is 8.63. The van der Waals surface area contributed by atoms with E-state index in [2.05, 4.69) is 19.2 Å². The zero-order valence-corrected chi connectivity index (χ0v) is 22.7. The van der Waals surface area contributed by atoms with Crippen LogP contribution in [0.5, 0.6) is 0 Å². The Bertz CT molecular complexity index is 1180. The van der Waals surface area contributed by atoms with Gasteiger partial charge in [0.2, 0.25) is 5.78 Å². The molecule has 3 aromatic rings. The number of esters is 1. The van der Waals surface area contributed by atoms with E-state index in [-0.39, 0.29) is 41.4 Å². The summed E-state index contributed by atoms with van der Waals surface area (Å²) in [5, 5.41) is 9.83. The van der Waals surface area contributed by atoms with Gasteiger partial charge in [-0.25, -0.2) is 0 Å². The summed E-state index contributed by atoms with van der Waals surface area (Å²) < 4.78 is 6.64. The number of halogens is 1. The van der Waals surface area contributed by atoms with E-state index in [9.17, 15) is 14.7 Å². The summed E-state index contributed by atoms with van der Waals surface area (Å²) >= 11 is 0. The number of Topliss-reactive ketones (excluding diaryl/α,β-unsaturated/α-hetero) is 1. The van der Waals surface area contributed by atoms with Crippen molar-refractivity contribution < 1.29 is 40.9 Å². The van der Waals surface area contributed by atoms with Gasteiger partial charge in [-0.1, -0.05) is 84.9 Å². The summed E-state index contributed by atoms with van der Waals surface area (Å²) in [6.07, 6.45) is 3.42. The molecule has 2 fully saturated rings. The highest BCUT2D eigenvalue weighted by Gasteiger charge is 2.53. The summed E-state index contributed by atoms with van der Waals surface area (Å²) in [6.45, 7) is 0.192. The molecule has 3 aromatic carbocycles. The molecule has 2 aliphatic rings. The minimum Gasteiger partial charge on any atom is -1.00 e. The van der Waals surface area contributed by atoms with Gasteiger partial charge in [0.05, 0.1) is 25.7 Å². The first-order valence-electron chi connectivity index (χ1n) is 12.9. The van der Waals surface area contributed by atoms with E-state index in [4.69, 9.17) is 4.74 Å². The lowest BCUT2D eigenvalue weighted by atomic mass is 9.94. The van der Waals surface area contributed by atoms with Crippen LogP contribution in [-0.2, 0) is 9.53 Å². The number of aliphatic hydroxyl groups excluding tert-OH is 1. The summed E-state index contributed by atoms with van der Waals surface area (Å²) in [4.78, 5) is 26.2. The number of hydrogen-bond donors (Lipinski definition) is 1. The molecular weight excluding hydrogens is 530 g/mol. The average Bonchev–Trinajstić information content (AvgIpc) is 3.06. The molecule has 5 atom stereocenters. The third kappa shape index (κ3) is 5.71. The third-order valence-electron chi connectivity index (χ3n) is 8.32. The van der Waals surface area contributed by atoms with Crippen LogP contribution >= 0.6 is 0 Å². The number of aliphatic hydroxyl groups is 1. The van der Waals surface area contributed by atoms with Crippen molar-refractivity contribution >= 4 is 11.8 Å². The fourth-order valence-electron chi connectivity index (χ4n) is 6.18. The number of fused-ring (bicyclic) bond motifs is 2. The zero-order valence-electron chi connectivity index (χ0n) is 21.1. The molecule has 37 heavy (non-hydrogen) atoms. The Hall–Kier alpha value is -2.80.